The van der Waals surface area contributed by atoms with Gasteiger partial charge in [-0.3, -0.25) is 0 Å². The summed E-state index contributed by atoms with van der Waals surface area (Å²) in [6.07, 6.45) is -4.54. The van der Waals surface area contributed by atoms with Crippen LogP contribution in [0.4, 0.5) is 13.2 Å². The van der Waals surface area contributed by atoms with Crippen LogP contribution in [0, 0.1) is 0 Å². The van der Waals surface area contributed by atoms with Crippen LogP contribution in [0.15, 0.2) is 47.4 Å². The Morgan fingerprint density at radius 1 is 1.00 bits per heavy atom. The summed E-state index contributed by atoms with van der Waals surface area (Å²) in [4.78, 5) is -0.312. The minimum absolute atomic E-state index is 0.123. The van der Waals surface area contributed by atoms with Crippen molar-refractivity contribution in [1.82, 2.24) is 0 Å². The first-order valence-electron chi connectivity index (χ1n) is 5.67. The van der Waals surface area contributed by atoms with Crippen molar-refractivity contribution < 1.29 is 26.3 Å². The van der Waals surface area contributed by atoms with Crippen LogP contribution in [-0.2, 0) is 15.2 Å². The molecule has 2 aromatic rings. The predicted octanol–water partition coefficient (Wildman–Crippen LogP) is 5.08. The second kappa shape index (κ2) is 5.98. The minimum Gasteiger partial charge on any atom is -0.454 e. The van der Waals surface area contributed by atoms with E-state index < -0.39 is 20.8 Å². The van der Waals surface area contributed by atoms with Crippen molar-refractivity contribution in [1.29, 1.82) is 0 Å². The van der Waals surface area contributed by atoms with E-state index in [1.807, 2.05) is 0 Å². The number of benzene rings is 2. The Bertz CT molecular complexity index is 804. The highest BCUT2D eigenvalue weighted by Crippen LogP contribution is 2.38. The monoisotopic (exact) mass is 370 g/mol. The number of hydrogen-bond acceptors (Lipinski definition) is 3. The Morgan fingerprint density at radius 3 is 2.18 bits per heavy atom. The van der Waals surface area contributed by atoms with Crippen molar-refractivity contribution in [2.45, 2.75) is 11.1 Å². The first-order valence-corrected chi connectivity index (χ1v) is 8.36. The van der Waals surface area contributed by atoms with Crippen molar-refractivity contribution in [2.75, 3.05) is 0 Å². The highest BCUT2D eigenvalue weighted by molar-refractivity contribution is 8.13. The van der Waals surface area contributed by atoms with Gasteiger partial charge in [-0.15, -0.1) is 0 Å². The van der Waals surface area contributed by atoms with Crippen molar-refractivity contribution in [2.24, 2.45) is 0 Å². The summed E-state index contributed by atoms with van der Waals surface area (Å²) >= 11 is 5.74. The number of halogens is 5. The molecule has 0 aliphatic carbocycles. The SMILES string of the molecule is O=S(=O)(Cl)c1ccccc1Oc1ccc(C(F)(F)F)cc1Cl. The van der Waals surface area contributed by atoms with E-state index in [4.69, 9.17) is 27.0 Å². The predicted molar refractivity (Wildman–Crippen MR) is 76.0 cm³/mol. The van der Waals surface area contributed by atoms with Crippen LogP contribution in [-0.4, -0.2) is 8.42 Å². The molecule has 2 rings (SSSR count). The summed E-state index contributed by atoms with van der Waals surface area (Å²) in [6.45, 7) is 0. The van der Waals surface area contributed by atoms with Gasteiger partial charge >= 0.3 is 6.18 Å². The zero-order chi connectivity index (χ0) is 16.5. The van der Waals surface area contributed by atoms with Gasteiger partial charge in [0.1, 0.15) is 16.4 Å². The highest BCUT2D eigenvalue weighted by Gasteiger charge is 2.31. The molecular formula is C13H7Cl2F3O3S. The Kier molecular flexibility index (Phi) is 4.60. The average molecular weight is 371 g/mol. The van der Waals surface area contributed by atoms with Crippen molar-refractivity contribution in [3.63, 3.8) is 0 Å². The molecule has 0 amide bonds. The second-order valence-corrected chi connectivity index (χ2v) is 7.07. The number of hydrogen-bond donors (Lipinski definition) is 0. The summed E-state index contributed by atoms with van der Waals surface area (Å²) < 4.78 is 65.8. The minimum atomic E-state index is -4.54. The molecule has 0 bridgehead atoms. The molecular weight excluding hydrogens is 364 g/mol. The maximum absolute atomic E-state index is 12.6. The number of alkyl halides is 3. The van der Waals surface area contributed by atoms with Crippen LogP contribution in [0.2, 0.25) is 5.02 Å². The molecule has 0 unspecified atom stereocenters. The molecule has 22 heavy (non-hydrogen) atoms. The maximum atomic E-state index is 12.6. The van der Waals surface area contributed by atoms with Crippen LogP contribution in [0.1, 0.15) is 5.56 Å². The van der Waals surface area contributed by atoms with E-state index in [1.54, 1.807) is 0 Å². The molecule has 0 spiro atoms. The van der Waals surface area contributed by atoms with Crippen molar-refractivity contribution >= 4 is 31.3 Å². The quantitative estimate of drug-likeness (QED) is 0.707. The van der Waals surface area contributed by atoms with Gasteiger partial charge in [-0.2, -0.15) is 13.2 Å². The molecule has 0 saturated heterocycles. The Balaban J connectivity index is 2.41. The second-order valence-electron chi connectivity index (χ2n) is 4.13. The van der Waals surface area contributed by atoms with E-state index in [2.05, 4.69) is 0 Å². The molecule has 118 valence electrons. The molecule has 9 heteroatoms. The summed E-state index contributed by atoms with van der Waals surface area (Å²) in [6, 6.07) is 7.89. The van der Waals surface area contributed by atoms with Gasteiger partial charge in [-0.1, -0.05) is 23.7 Å². The number of para-hydroxylation sites is 1. The van der Waals surface area contributed by atoms with Gasteiger partial charge < -0.3 is 4.74 Å². The van der Waals surface area contributed by atoms with Gasteiger partial charge in [0.2, 0.25) is 0 Å². The maximum Gasteiger partial charge on any atom is 0.416 e. The van der Waals surface area contributed by atoms with E-state index in [9.17, 15) is 21.6 Å². The van der Waals surface area contributed by atoms with Gasteiger partial charge in [0.15, 0.2) is 0 Å². The molecule has 0 fully saturated rings. The lowest BCUT2D eigenvalue weighted by Gasteiger charge is -2.12. The molecule has 0 aliphatic heterocycles. The smallest absolute Gasteiger partial charge is 0.416 e. The molecule has 2 aromatic carbocycles. The highest BCUT2D eigenvalue weighted by atomic mass is 35.7. The van der Waals surface area contributed by atoms with Crippen LogP contribution in [0.25, 0.3) is 0 Å². The van der Waals surface area contributed by atoms with Crippen LogP contribution < -0.4 is 4.74 Å². The van der Waals surface area contributed by atoms with Gasteiger partial charge in [0.05, 0.1) is 10.6 Å². The lowest BCUT2D eigenvalue weighted by molar-refractivity contribution is -0.137. The molecule has 0 heterocycles. The van der Waals surface area contributed by atoms with E-state index in [1.165, 1.54) is 24.3 Å². The molecule has 0 atom stereocenters. The molecule has 0 aromatic heterocycles. The molecule has 3 nitrogen and oxygen atoms in total. The normalized spacial score (nSPS) is 12.2. The van der Waals surface area contributed by atoms with Gasteiger partial charge in [-0.05, 0) is 30.3 Å². The zero-order valence-corrected chi connectivity index (χ0v) is 12.9. The first-order chi connectivity index (χ1) is 10.1. The van der Waals surface area contributed by atoms with Gasteiger partial charge in [0, 0.05) is 10.7 Å². The molecule has 0 saturated carbocycles. The number of ether oxygens (including phenoxy) is 1. The third kappa shape index (κ3) is 3.85. The fourth-order valence-electron chi connectivity index (χ4n) is 1.61. The van der Waals surface area contributed by atoms with Crippen molar-refractivity contribution in [3.05, 3.63) is 53.1 Å². The van der Waals surface area contributed by atoms with Crippen molar-refractivity contribution in [3.8, 4) is 11.5 Å². The largest absolute Gasteiger partial charge is 0.454 e. The van der Waals surface area contributed by atoms with Crippen LogP contribution in [0.5, 0.6) is 11.5 Å². The summed E-state index contributed by atoms with van der Waals surface area (Å²) in [7, 11) is 1.19. The summed E-state index contributed by atoms with van der Waals surface area (Å²) in [5.74, 6) is -0.262. The Hall–Kier alpha value is -1.44. The van der Waals surface area contributed by atoms with E-state index in [0.717, 1.165) is 12.1 Å². The summed E-state index contributed by atoms with van der Waals surface area (Å²) in [5, 5.41) is -0.309. The van der Waals surface area contributed by atoms with E-state index in [0.29, 0.717) is 6.07 Å². The molecule has 0 radical (unpaired) electrons. The molecule has 0 aliphatic rings. The third-order valence-corrected chi connectivity index (χ3v) is 4.25. The van der Waals surface area contributed by atoms with Crippen LogP contribution >= 0.6 is 22.3 Å². The van der Waals surface area contributed by atoms with Gasteiger partial charge in [-0.25, -0.2) is 8.42 Å². The molecule has 0 N–H and O–H groups in total. The fourth-order valence-corrected chi connectivity index (χ4v) is 2.81. The van der Waals surface area contributed by atoms with E-state index in [-0.39, 0.29) is 21.4 Å². The van der Waals surface area contributed by atoms with E-state index >= 15 is 0 Å². The third-order valence-electron chi connectivity index (χ3n) is 2.59. The lowest BCUT2D eigenvalue weighted by Crippen LogP contribution is -2.04. The Morgan fingerprint density at radius 2 is 1.64 bits per heavy atom. The summed E-state index contributed by atoms with van der Waals surface area (Å²) in [5.41, 5.74) is -0.942. The fraction of sp³-hybridized carbons (Fsp3) is 0.0769. The number of rotatable bonds is 3. The lowest BCUT2D eigenvalue weighted by atomic mass is 10.2. The zero-order valence-electron chi connectivity index (χ0n) is 10.6. The standard InChI is InChI=1S/C13H7Cl2F3O3S/c14-9-7-8(13(16,17)18)5-6-10(9)21-11-3-1-2-4-12(11)22(15,19)20/h1-7H. The van der Waals surface area contributed by atoms with Crippen LogP contribution in [0.3, 0.4) is 0 Å². The van der Waals surface area contributed by atoms with Gasteiger partial charge in [0.25, 0.3) is 9.05 Å². The average Bonchev–Trinajstić information content (AvgIpc) is 2.39. The Labute approximate surface area is 133 Å². The topological polar surface area (TPSA) is 43.4 Å². The first kappa shape index (κ1) is 16.9.